The van der Waals surface area contributed by atoms with E-state index in [1.165, 1.54) is 24.3 Å². The molecule has 2 N–H and O–H groups in total. The van der Waals surface area contributed by atoms with Crippen LogP contribution in [-0.4, -0.2) is 40.0 Å². The minimum Gasteiger partial charge on any atom is -0.338 e. The summed E-state index contributed by atoms with van der Waals surface area (Å²) in [4.78, 5) is 27.0. The van der Waals surface area contributed by atoms with E-state index in [1.807, 2.05) is 18.2 Å². The molecule has 0 bridgehead atoms. The number of rotatable bonds is 4. The molecular formula is C22H21FN4O2. The van der Waals surface area contributed by atoms with Gasteiger partial charge in [-0.3, -0.25) is 14.7 Å². The van der Waals surface area contributed by atoms with E-state index in [1.54, 1.807) is 23.2 Å². The lowest BCUT2D eigenvalue weighted by Gasteiger charge is -2.32. The zero-order valence-corrected chi connectivity index (χ0v) is 15.8. The van der Waals surface area contributed by atoms with Crippen molar-refractivity contribution >= 4 is 17.5 Å². The van der Waals surface area contributed by atoms with Gasteiger partial charge in [0.25, 0.3) is 11.8 Å². The third kappa shape index (κ3) is 4.18. The number of H-pyrrole nitrogens is 1. The van der Waals surface area contributed by atoms with Crippen LogP contribution in [0.25, 0.3) is 0 Å². The van der Waals surface area contributed by atoms with Gasteiger partial charge >= 0.3 is 0 Å². The van der Waals surface area contributed by atoms with Crippen LogP contribution in [0.5, 0.6) is 0 Å². The van der Waals surface area contributed by atoms with E-state index in [-0.39, 0.29) is 23.5 Å². The van der Waals surface area contributed by atoms with Crippen molar-refractivity contribution < 1.29 is 14.0 Å². The predicted molar refractivity (Wildman–Crippen MR) is 107 cm³/mol. The van der Waals surface area contributed by atoms with E-state index in [0.29, 0.717) is 29.9 Å². The number of hydrogen-bond donors (Lipinski definition) is 2. The number of likely N-dealkylation sites (tertiary alicyclic amines) is 1. The van der Waals surface area contributed by atoms with Crippen LogP contribution in [-0.2, 0) is 0 Å². The molecule has 148 valence electrons. The second-order valence-electron chi connectivity index (χ2n) is 7.11. The lowest BCUT2D eigenvalue weighted by molar-refractivity contribution is 0.0705. The van der Waals surface area contributed by atoms with Crippen molar-refractivity contribution in [3.05, 3.63) is 83.4 Å². The smallest absolute Gasteiger partial charge is 0.255 e. The molecule has 1 fully saturated rings. The summed E-state index contributed by atoms with van der Waals surface area (Å²) < 4.78 is 13.1. The second kappa shape index (κ2) is 8.26. The summed E-state index contributed by atoms with van der Waals surface area (Å²) in [6, 6.07) is 14.6. The number of piperidine rings is 1. The van der Waals surface area contributed by atoms with E-state index in [2.05, 4.69) is 15.5 Å². The number of anilines is 1. The van der Waals surface area contributed by atoms with E-state index in [0.717, 1.165) is 18.5 Å². The van der Waals surface area contributed by atoms with Crippen molar-refractivity contribution in [3.8, 4) is 0 Å². The van der Waals surface area contributed by atoms with Crippen LogP contribution in [0.2, 0.25) is 0 Å². The Labute approximate surface area is 167 Å². The molecule has 4 rings (SSSR count). The van der Waals surface area contributed by atoms with Gasteiger partial charge in [0, 0.05) is 30.1 Å². The zero-order valence-electron chi connectivity index (χ0n) is 15.8. The summed E-state index contributed by atoms with van der Waals surface area (Å²) in [7, 11) is 0. The predicted octanol–water partition coefficient (Wildman–Crippen LogP) is 3.82. The number of amides is 2. The fraction of sp³-hybridized carbons (Fsp3) is 0.227. The lowest BCUT2D eigenvalue weighted by atomic mass is 9.93. The van der Waals surface area contributed by atoms with Gasteiger partial charge in [0.15, 0.2) is 0 Å². The molecule has 0 saturated carbocycles. The van der Waals surface area contributed by atoms with Crippen LogP contribution in [0.3, 0.4) is 0 Å². The third-order valence-electron chi connectivity index (χ3n) is 5.16. The van der Waals surface area contributed by atoms with Gasteiger partial charge in [-0.15, -0.1) is 0 Å². The molecule has 2 heterocycles. The van der Waals surface area contributed by atoms with Crippen molar-refractivity contribution in [3.63, 3.8) is 0 Å². The minimum atomic E-state index is -0.366. The van der Waals surface area contributed by atoms with Gasteiger partial charge in [0.1, 0.15) is 5.82 Å². The van der Waals surface area contributed by atoms with Crippen LogP contribution >= 0.6 is 0 Å². The maximum Gasteiger partial charge on any atom is 0.255 e. The number of carbonyl (C=O) groups is 2. The molecule has 0 aliphatic carbocycles. The van der Waals surface area contributed by atoms with Gasteiger partial charge < -0.3 is 10.2 Å². The summed E-state index contributed by atoms with van der Waals surface area (Å²) in [6.07, 6.45) is 3.31. The molecule has 0 spiro atoms. The maximum atomic E-state index is 13.1. The maximum absolute atomic E-state index is 13.1. The van der Waals surface area contributed by atoms with E-state index >= 15 is 0 Å². The fourth-order valence-electron chi connectivity index (χ4n) is 3.66. The monoisotopic (exact) mass is 392 g/mol. The normalized spacial score (nSPS) is 16.4. The molecule has 2 aromatic carbocycles. The number of nitrogens with one attached hydrogen (secondary N) is 2. The SMILES string of the molecule is O=C(Nc1cn[nH]c1[C@H]1CCCN(C(=O)c2ccc(F)cc2)C1)c1ccccc1. The van der Waals surface area contributed by atoms with Crippen LogP contribution in [0.15, 0.2) is 60.8 Å². The Bertz CT molecular complexity index is 1000. The molecule has 1 aromatic heterocycles. The summed E-state index contributed by atoms with van der Waals surface area (Å²) in [6.45, 7) is 1.15. The van der Waals surface area contributed by atoms with Gasteiger partial charge in [-0.05, 0) is 49.2 Å². The summed E-state index contributed by atoms with van der Waals surface area (Å²) in [5.41, 5.74) is 2.47. The molecule has 1 aliphatic heterocycles. The Morgan fingerprint density at radius 3 is 2.59 bits per heavy atom. The zero-order chi connectivity index (χ0) is 20.2. The summed E-state index contributed by atoms with van der Waals surface area (Å²) in [5.74, 6) is -0.663. The number of benzene rings is 2. The number of aromatic nitrogens is 2. The van der Waals surface area contributed by atoms with Gasteiger partial charge in [-0.25, -0.2) is 4.39 Å². The largest absolute Gasteiger partial charge is 0.338 e. The Kier molecular flexibility index (Phi) is 5.37. The quantitative estimate of drug-likeness (QED) is 0.709. The molecule has 1 aliphatic rings. The van der Waals surface area contributed by atoms with Crippen molar-refractivity contribution in [1.82, 2.24) is 15.1 Å². The Hall–Kier alpha value is -3.48. The Morgan fingerprint density at radius 1 is 1.07 bits per heavy atom. The molecule has 1 saturated heterocycles. The van der Waals surface area contributed by atoms with Crippen LogP contribution in [0.4, 0.5) is 10.1 Å². The van der Waals surface area contributed by atoms with Crippen LogP contribution in [0, 0.1) is 5.82 Å². The average molecular weight is 392 g/mol. The number of carbonyl (C=O) groups excluding carboxylic acids is 2. The molecule has 1 atom stereocenters. The second-order valence-corrected chi connectivity index (χ2v) is 7.11. The third-order valence-corrected chi connectivity index (χ3v) is 5.16. The number of halogens is 1. The highest BCUT2D eigenvalue weighted by molar-refractivity contribution is 6.04. The van der Waals surface area contributed by atoms with E-state index in [9.17, 15) is 14.0 Å². The number of aromatic amines is 1. The Balaban J connectivity index is 1.48. The molecule has 29 heavy (non-hydrogen) atoms. The van der Waals surface area contributed by atoms with Crippen molar-refractivity contribution in [1.29, 1.82) is 0 Å². The average Bonchev–Trinajstić information content (AvgIpc) is 3.22. The van der Waals surface area contributed by atoms with Crippen molar-refractivity contribution in [2.75, 3.05) is 18.4 Å². The van der Waals surface area contributed by atoms with Gasteiger partial charge in [0.05, 0.1) is 17.6 Å². The first-order valence-corrected chi connectivity index (χ1v) is 9.56. The highest BCUT2D eigenvalue weighted by atomic mass is 19.1. The first-order valence-electron chi connectivity index (χ1n) is 9.56. The summed E-state index contributed by atoms with van der Waals surface area (Å²) in [5, 5.41) is 9.99. The van der Waals surface area contributed by atoms with E-state index < -0.39 is 0 Å². The molecule has 2 amide bonds. The van der Waals surface area contributed by atoms with Crippen molar-refractivity contribution in [2.45, 2.75) is 18.8 Å². The standard InChI is InChI=1S/C22H21FN4O2/c23-18-10-8-16(9-11-18)22(29)27-12-4-7-17(14-27)20-19(13-24-26-20)25-21(28)15-5-2-1-3-6-15/h1-3,5-6,8-11,13,17H,4,7,12,14H2,(H,24,26)(H,25,28)/t17-/m0/s1. The van der Waals surface area contributed by atoms with Crippen molar-refractivity contribution in [2.24, 2.45) is 0 Å². The first kappa shape index (κ1) is 18.9. The fourth-order valence-corrected chi connectivity index (χ4v) is 3.66. The molecule has 3 aromatic rings. The molecular weight excluding hydrogens is 371 g/mol. The lowest BCUT2D eigenvalue weighted by Crippen LogP contribution is -2.39. The summed E-state index contributed by atoms with van der Waals surface area (Å²) >= 11 is 0. The van der Waals surface area contributed by atoms with Gasteiger partial charge in [0.2, 0.25) is 0 Å². The number of hydrogen-bond acceptors (Lipinski definition) is 3. The topological polar surface area (TPSA) is 78.1 Å². The minimum absolute atomic E-state index is 0.0294. The van der Waals surface area contributed by atoms with E-state index in [4.69, 9.17) is 0 Å². The first-order chi connectivity index (χ1) is 14.1. The molecule has 7 heteroatoms. The molecule has 0 radical (unpaired) electrons. The number of nitrogens with zero attached hydrogens (tertiary/aromatic N) is 2. The Morgan fingerprint density at radius 2 is 1.83 bits per heavy atom. The van der Waals surface area contributed by atoms with Gasteiger partial charge in [-0.2, -0.15) is 5.10 Å². The van der Waals surface area contributed by atoms with Crippen LogP contribution < -0.4 is 5.32 Å². The highest BCUT2D eigenvalue weighted by Crippen LogP contribution is 2.31. The molecule has 6 nitrogen and oxygen atoms in total. The molecule has 0 unspecified atom stereocenters. The highest BCUT2D eigenvalue weighted by Gasteiger charge is 2.28. The van der Waals surface area contributed by atoms with Crippen LogP contribution in [0.1, 0.15) is 45.2 Å². The van der Waals surface area contributed by atoms with Gasteiger partial charge in [-0.1, -0.05) is 18.2 Å².